The van der Waals surface area contributed by atoms with Crippen LogP contribution in [0.25, 0.3) is 0 Å². The first kappa shape index (κ1) is 22.6. The number of aryl methyl sites for hydroxylation is 1. The number of carbonyl (C=O) groups excluding carboxylic acids is 1. The predicted octanol–water partition coefficient (Wildman–Crippen LogP) is 1.85. The molecule has 0 aromatic heterocycles. The van der Waals surface area contributed by atoms with Gasteiger partial charge in [-0.15, -0.1) is 0 Å². The van der Waals surface area contributed by atoms with Crippen LogP contribution >= 0.6 is 0 Å². The highest BCUT2D eigenvalue weighted by molar-refractivity contribution is 7.89. The fourth-order valence-corrected chi connectivity index (χ4v) is 3.63. The van der Waals surface area contributed by atoms with E-state index in [1.807, 2.05) is 0 Å². The Morgan fingerprint density at radius 3 is 2.46 bits per heavy atom. The summed E-state index contributed by atoms with van der Waals surface area (Å²) in [5, 5.41) is 2.79. The van der Waals surface area contributed by atoms with Gasteiger partial charge >= 0.3 is 0 Å². The second kappa shape index (κ2) is 10.0. The Morgan fingerprint density at radius 1 is 1.15 bits per heavy atom. The van der Waals surface area contributed by atoms with Gasteiger partial charge in [0.05, 0.1) is 18.1 Å². The first-order valence-electron chi connectivity index (χ1n) is 8.56. The third kappa shape index (κ3) is 7.82. The van der Waals surface area contributed by atoms with Gasteiger partial charge in [-0.3, -0.25) is 4.79 Å². The SMILES string of the molecule is COCCOCCCNC(=O)c1cc(S(=O)(=O)NC(C)(C)C)ccc1C. The molecule has 0 fully saturated rings. The van der Waals surface area contributed by atoms with E-state index in [1.54, 1.807) is 40.9 Å². The van der Waals surface area contributed by atoms with Gasteiger partial charge in [-0.1, -0.05) is 6.07 Å². The molecule has 0 bridgehead atoms. The topological polar surface area (TPSA) is 93.7 Å². The summed E-state index contributed by atoms with van der Waals surface area (Å²) in [6.45, 7) is 9.09. The molecular weight excluding hydrogens is 356 g/mol. The van der Waals surface area contributed by atoms with Crippen molar-refractivity contribution in [2.24, 2.45) is 0 Å². The number of amides is 1. The highest BCUT2D eigenvalue weighted by Crippen LogP contribution is 2.17. The van der Waals surface area contributed by atoms with E-state index in [9.17, 15) is 13.2 Å². The summed E-state index contributed by atoms with van der Waals surface area (Å²) in [4.78, 5) is 12.5. The van der Waals surface area contributed by atoms with Gasteiger partial charge < -0.3 is 14.8 Å². The Morgan fingerprint density at radius 2 is 1.85 bits per heavy atom. The van der Waals surface area contributed by atoms with Gasteiger partial charge in [0.2, 0.25) is 10.0 Å². The summed E-state index contributed by atoms with van der Waals surface area (Å²) in [5.74, 6) is -0.299. The number of hydrogen-bond acceptors (Lipinski definition) is 5. The second-order valence-electron chi connectivity index (χ2n) is 7.05. The lowest BCUT2D eigenvalue weighted by atomic mass is 10.1. The summed E-state index contributed by atoms with van der Waals surface area (Å²) >= 11 is 0. The number of rotatable bonds is 10. The van der Waals surface area contributed by atoms with Crippen molar-refractivity contribution in [3.05, 3.63) is 29.3 Å². The maximum absolute atomic E-state index is 12.4. The van der Waals surface area contributed by atoms with Gasteiger partial charge in [-0.25, -0.2) is 13.1 Å². The molecular formula is C18H30N2O5S. The second-order valence-corrected chi connectivity index (χ2v) is 8.73. The molecule has 0 aliphatic heterocycles. The molecule has 0 saturated heterocycles. The third-order valence-corrected chi connectivity index (χ3v) is 5.14. The zero-order valence-electron chi connectivity index (χ0n) is 16.2. The molecule has 0 spiro atoms. The standard InChI is InChI=1S/C18H30N2O5S/c1-14-7-8-15(26(22,23)20-18(2,3)4)13-16(14)17(21)19-9-6-10-25-12-11-24-5/h7-8,13,20H,6,9-12H2,1-5H3,(H,19,21). The minimum absolute atomic E-state index is 0.0751. The van der Waals surface area contributed by atoms with Crippen molar-refractivity contribution in [1.29, 1.82) is 0 Å². The fourth-order valence-electron chi connectivity index (χ4n) is 2.19. The number of nitrogens with one attached hydrogen (secondary N) is 2. The van der Waals surface area contributed by atoms with Crippen LogP contribution in [0.3, 0.4) is 0 Å². The van der Waals surface area contributed by atoms with E-state index in [0.29, 0.717) is 43.9 Å². The first-order valence-corrected chi connectivity index (χ1v) is 10.0. The summed E-state index contributed by atoms with van der Waals surface area (Å²) in [6, 6.07) is 4.55. The van der Waals surface area contributed by atoms with Crippen molar-refractivity contribution < 1.29 is 22.7 Å². The van der Waals surface area contributed by atoms with Gasteiger partial charge in [0.15, 0.2) is 0 Å². The molecule has 1 aromatic rings. The molecule has 1 aromatic carbocycles. The minimum Gasteiger partial charge on any atom is -0.382 e. The van der Waals surface area contributed by atoms with Crippen LogP contribution in [0.2, 0.25) is 0 Å². The molecule has 2 N–H and O–H groups in total. The normalized spacial score (nSPS) is 12.2. The molecule has 0 heterocycles. The highest BCUT2D eigenvalue weighted by Gasteiger charge is 2.23. The molecule has 0 saturated carbocycles. The average molecular weight is 387 g/mol. The Bertz CT molecular complexity index is 696. The summed E-state index contributed by atoms with van der Waals surface area (Å²) in [5.41, 5.74) is 0.463. The predicted molar refractivity (Wildman–Crippen MR) is 101 cm³/mol. The molecule has 1 rings (SSSR count). The van der Waals surface area contributed by atoms with Gasteiger partial charge in [0.1, 0.15) is 0 Å². The highest BCUT2D eigenvalue weighted by atomic mass is 32.2. The zero-order valence-corrected chi connectivity index (χ0v) is 17.0. The van der Waals surface area contributed by atoms with Crippen LogP contribution in [-0.4, -0.2) is 53.3 Å². The van der Waals surface area contributed by atoms with Crippen LogP contribution in [-0.2, 0) is 19.5 Å². The van der Waals surface area contributed by atoms with Crippen molar-refractivity contribution in [3.8, 4) is 0 Å². The van der Waals surface area contributed by atoms with E-state index in [4.69, 9.17) is 9.47 Å². The van der Waals surface area contributed by atoms with Gasteiger partial charge in [-0.05, 0) is 51.8 Å². The quantitative estimate of drug-likeness (QED) is 0.599. The van der Waals surface area contributed by atoms with Gasteiger partial charge in [0.25, 0.3) is 5.91 Å². The number of methoxy groups -OCH3 is 1. The van der Waals surface area contributed by atoms with Gasteiger partial charge in [-0.2, -0.15) is 0 Å². The van der Waals surface area contributed by atoms with Crippen molar-refractivity contribution in [2.75, 3.05) is 33.5 Å². The Hall–Kier alpha value is -1.48. The van der Waals surface area contributed by atoms with E-state index in [1.165, 1.54) is 12.1 Å². The van der Waals surface area contributed by atoms with Crippen molar-refractivity contribution in [3.63, 3.8) is 0 Å². The number of benzene rings is 1. The first-order chi connectivity index (χ1) is 12.1. The molecule has 0 unspecified atom stereocenters. The van der Waals surface area contributed by atoms with E-state index in [2.05, 4.69) is 10.0 Å². The number of hydrogen-bond donors (Lipinski definition) is 2. The Kier molecular flexibility index (Phi) is 8.69. The molecule has 0 atom stereocenters. The minimum atomic E-state index is -3.69. The molecule has 0 aliphatic rings. The monoisotopic (exact) mass is 386 g/mol. The molecule has 7 nitrogen and oxygen atoms in total. The summed E-state index contributed by atoms with van der Waals surface area (Å²) < 4.78 is 37.7. The number of sulfonamides is 1. The lowest BCUT2D eigenvalue weighted by molar-refractivity contribution is 0.0688. The van der Waals surface area contributed by atoms with E-state index in [0.717, 1.165) is 0 Å². The molecule has 0 radical (unpaired) electrons. The molecule has 1 amide bonds. The van der Waals surface area contributed by atoms with Crippen molar-refractivity contribution in [1.82, 2.24) is 10.0 Å². The molecule has 0 aliphatic carbocycles. The smallest absolute Gasteiger partial charge is 0.251 e. The summed E-state index contributed by atoms with van der Waals surface area (Å²) in [6.07, 6.45) is 0.665. The van der Waals surface area contributed by atoms with Crippen LogP contribution in [0.15, 0.2) is 23.1 Å². The molecule has 8 heteroatoms. The van der Waals surface area contributed by atoms with E-state index < -0.39 is 15.6 Å². The van der Waals surface area contributed by atoms with Gasteiger partial charge in [0, 0.05) is 31.4 Å². The molecule has 26 heavy (non-hydrogen) atoms. The van der Waals surface area contributed by atoms with E-state index >= 15 is 0 Å². The Balaban J connectivity index is 2.70. The largest absolute Gasteiger partial charge is 0.382 e. The number of ether oxygens (including phenoxy) is 2. The molecule has 148 valence electrons. The van der Waals surface area contributed by atoms with Crippen LogP contribution in [0.5, 0.6) is 0 Å². The maximum atomic E-state index is 12.4. The maximum Gasteiger partial charge on any atom is 0.251 e. The van der Waals surface area contributed by atoms with Crippen LogP contribution in [0.4, 0.5) is 0 Å². The van der Waals surface area contributed by atoms with Crippen LogP contribution in [0.1, 0.15) is 43.1 Å². The zero-order chi connectivity index (χ0) is 19.8. The van der Waals surface area contributed by atoms with Crippen LogP contribution in [0, 0.1) is 6.92 Å². The Labute approximate surface area is 156 Å². The van der Waals surface area contributed by atoms with E-state index in [-0.39, 0.29) is 10.8 Å². The average Bonchev–Trinajstić information content (AvgIpc) is 2.51. The van der Waals surface area contributed by atoms with Crippen molar-refractivity contribution in [2.45, 2.75) is 44.6 Å². The lowest BCUT2D eigenvalue weighted by Crippen LogP contribution is -2.40. The lowest BCUT2D eigenvalue weighted by Gasteiger charge is -2.20. The summed E-state index contributed by atoms with van der Waals surface area (Å²) in [7, 11) is -2.08. The van der Waals surface area contributed by atoms with Crippen LogP contribution < -0.4 is 10.0 Å². The third-order valence-electron chi connectivity index (χ3n) is 3.39. The number of carbonyl (C=O) groups is 1. The van der Waals surface area contributed by atoms with Crippen molar-refractivity contribution >= 4 is 15.9 Å². The fraction of sp³-hybridized carbons (Fsp3) is 0.611.